The predicted molar refractivity (Wildman–Crippen MR) is 114 cm³/mol. The lowest BCUT2D eigenvalue weighted by Gasteiger charge is -2.36. The summed E-state index contributed by atoms with van der Waals surface area (Å²) in [4.78, 5) is 29.3. The van der Waals surface area contributed by atoms with Crippen molar-refractivity contribution in [2.75, 3.05) is 31.1 Å². The summed E-state index contributed by atoms with van der Waals surface area (Å²) in [5.74, 6) is -0.267. The van der Waals surface area contributed by atoms with Crippen molar-refractivity contribution in [3.05, 3.63) is 74.0 Å². The van der Waals surface area contributed by atoms with Crippen LogP contribution < -0.4 is 10.5 Å². The fourth-order valence-electron chi connectivity index (χ4n) is 3.62. The maximum absolute atomic E-state index is 12.9. The molecule has 0 radical (unpaired) electrons. The first-order chi connectivity index (χ1) is 13.4. The van der Waals surface area contributed by atoms with Crippen LogP contribution in [0.25, 0.3) is 11.0 Å². The van der Waals surface area contributed by atoms with Crippen LogP contribution in [0.3, 0.4) is 0 Å². The smallest absolute Gasteiger partial charge is 0.349 e. The van der Waals surface area contributed by atoms with E-state index in [-0.39, 0.29) is 11.5 Å². The Kier molecular flexibility index (Phi) is 4.98. The lowest BCUT2D eigenvalue weighted by Crippen LogP contribution is -2.49. The third-order valence-electron chi connectivity index (χ3n) is 5.20. The Morgan fingerprint density at radius 1 is 1.00 bits per heavy atom. The van der Waals surface area contributed by atoms with E-state index in [1.165, 1.54) is 16.8 Å². The number of hydrogen-bond donors (Lipinski definition) is 0. The summed E-state index contributed by atoms with van der Waals surface area (Å²) in [7, 11) is 0. The molecule has 5 nitrogen and oxygen atoms in total. The SMILES string of the molecule is Cc1ccc(C)c(N2CCN(C(=O)c3cc4cc(Br)ccc4oc3=O)CC2)c1. The molecule has 0 saturated carbocycles. The standard InChI is InChI=1S/C22H21BrN2O3/c1-14-3-4-15(2)19(11-14)24-7-9-25(10-8-24)21(26)18-13-16-12-17(23)5-6-20(16)28-22(18)27/h3-6,11-13H,7-10H2,1-2H3. The topological polar surface area (TPSA) is 53.8 Å². The Balaban J connectivity index is 1.54. The average molecular weight is 441 g/mol. The third kappa shape index (κ3) is 3.56. The molecule has 1 aliphatic heterocycles. The molecule has 1 aliphatic rings. The summed E-state index contributed by atoms with van der Waals surface area (Å²) in [5.41, 5.74) is 3.64. The number of rotatable bonds is 2. The van der Waals surface area contributed by atoms with Gasteiger partial charge in [-0.1, -0.05) is 28.1 Å². The highest BCUT2D eigenvalue weighted by Gasteiger charge is 2.25. The van der Waals surface area contributed by atoms with Crippen LogP contribution in [0, 0.1) is 13.8 Å². The Morgan fingerprint density at radius 3 is 2.50 bits per heavy atom. The summed E-state index contributed by atoms with van der Waals surface area (Å²) in [6.45, 7) is 6.80. The molecule has 0 spiro atoms. The van der Waals surface area contributed by atoms with Crippen molar-refractivity contribution in [2.45, 2.75) is 13.8 Å². The summed E-state index contributed by atoms with van der Waals surface area (Å²) in [6.07, 6.45) is 0. The zero-order valence-electron chi connectivity index (χ0n) is 15.9. The van der Waals surface area contributed by atoms with Crippen molar-refractivity contribution in [3.8, 4) is 0 Å². The van der Waals surface area contributed by atoms with E-state index >= 15 is 0 Å². The fraction of sp³-hybridized carbons (Fsp3) is 0.273. The molecule has 0 N–H and O–H groups in total. The van der Waals surface area contributed by atoms with Crippen molar-refractivity contribution < 1.29 is 9.21 Å². The molecule has 4 rings (SSSR count). The number of amides is 1. The molecule has 0 unspecified atom stereocenters. The van der Waals surface area contributed by atoms with Crippen LogP contribution in [-0.4, -0.2) is 37.0 Å². The third-order valence-corrected chi connectivity index (χ3v) is 5.69. The largest absolute Gasteiger partial charge is 0.422 e. The van der Waals surface area contributed by atoms with E-state index in [0.29, 0.717) is 18.7 Å². The normalized spacial score (nSPS) is 14.5. The van der Waals surface area contributed by atoms with E-state index in [9.17, 15) is 9.59 Å². The number of carbonyl (C=O) groups excluding carboxylic acids is 1. The van der Waals surface area contributed by atoms with Gasteiger partial charge < -0.3 is 14.2 Å². The van der Waals surface area contributed by atoms with E-state index in [4.69, 9.17) is 4.42 Å². The first-order valence-corrected chi connectivity index (χ1v) is 10.1. The number of benzene rings is 2. The van der Waals surface area contributed by atoms with E-state index in [2.05, 4.69) is 52.9 Å². The van der Waals surface area contributed by atoms with Crippen molar-refractivity contribution in [1.82, 2.24) is 4.90 Å². The highest BCUT2D eigenvalue weighted by atomic mass is 79.9. The lowest BCUT2D eigenvalue weighted by atomic mass is 10.1. The van der Waals surface area contributed by atoms with Gasteiger partial charge in [0.2, 0.25) is 0 Å². The lowest BCUT2D eigenvalue weighted by molar-refractivity contribution is 0.0742. The highest BCUT2D eigenvalue weighted by molar-refractivity contribution is 9.10. The zero-order valence-corrected chi connectivity index (χ0v) is 17.5. The molecule has 0 bridgehead atoms. The molecule has 0 aliphatic carbocycles. The molecule has 144 valence electrons. The summed E-state index contributed by atoms with van der Waals surface area (Å²) >= 11 is 3.41. The van der Waals surface area contributed by atoms with E-state index in [1.807, 2.05) is 6.07 Å². The number of fused-ring (bicyclic) bond motifs is 1. The van der Waals surface area contributed by atoms with Gasteiger partial charge in [-0.25, -0.2) is 4.79 Å². The van der Waals surface area contributed by atoms with Gasteiger partial charge in [0, 0.05) is 41.7 Å². The molecule has 2 heterocycles. The Bertz CT molecular complexity index is 1110. The van der Waals surface area contributed by atoms with E-state index < -0.39 is 5.63 Å². The number of halogens is 1. The Labute approximate surface area is 171 Å². The first kappa shape index (κ1) is 18.7. The van der Waals surface area contributed by atoms with Crippen molar-refractivity contribution in [1.29, 1.82) is 0 Å². The van der Waals surface area contributed by atoms with Gasteiger partial charge in [0.15, 0.2) is 0 Å². The maximum atomic E-state index is 12.9. The minimum Gasteiger partial charge on any atom is -0.422 e. The van der Waals surface area contributed by atoms with Gasteiger partial charge in [0.1, 0.15) is 11.1 Å². The Hall–Kier alpha value is -2.60. The number of aryl methyl sites for hydroxylation is 2. The fourth-order valence-corrected chi connectivity index (χ4v) is 4.00. The number of nitrogens with zero attached hydrogens (tertiary/aromatic N) is 2. The van der Waals surface area contributed by atoms with Gasteiger partial charge in [-0.05, 0) is 55.3 Å². The average Bonchev–Trinajstić information content (AvgIpc) is 2.69. The predicted octanol–water partition coefficient (Wildman–Crippen LogP) is 4.13. The molecule has 0 atom stereocenters. The van der Waals surface area contributed by atoms with Crippen LogP contribution in [0.5, 0.6) is 0 Å². The minimum atomic E-state index is -0.586. The van der Waals surface area contributed by atoms with Crippen LogP contribution in [0.1, 0.15) is 21.5 Å². The monoisotopic (exact) mass is 440 g/mol. The van der Waals surface area contributed by atoms with Crippen molar-refractivity contribution >= 4 is 38.5 Å². The summed E-state index contributed by atoms with van der Waals surface area (Å²) in [5, 5.41) is 0.728. The van der Waals surface area contributed by atoms with Gasteiger partial charge in [-0.15, -0.1) is 0 Å². The molecule has 1 fully saturated rings. The summed E-state index contributed by atoms with van der Waals surface area (Å²) in [6, 6.07) is 13.4. The van der Waals surface area contributed by atoms with Crippen LogP contribution in [0.2, 0.25) is 0 Å². The van der Waals surface area contributed by atoms with Crippen molar-refractivity contribution in [2.24, 2.45) is 0 Å². The number of carbonyl (C=O) groups is 1. The van der Waals surface area contributed by atoms with Crippen molar-refractivity contribution in [3.63, 3.8) is 0 Å². The van der Waals surface area contributed by atoms with E-state index in [0.717, 1.165) is 22.9 Å². The van der Waals surface area contributed by atoms with Crippen LogP contribution in [-0.2, 0) is 0 Å². The second-order valence-electron chi connectivity index (χ2n) is 7.20. The quantitative estimate of drug-likeness (QED) is 0.562. The van der Waals surface area contributed by atoms with Gasteiger partial charge in [-0.2, -0.15) is 0 Å². The second kappa shape index (κ2) is 7.43. The zero-order chi connectivity index (χ0) is 19.8. The van der Waals surface area contributed by atoms with Crippen LogP contribution in [0.4, 0.5) is 5.69 Å². The number of anilines is 1. The molecule has 1 aromatic heterocycles. The molecule has 3 aromatic rings. The number of hydrogen-bond acceptors (Lipinski definition) is 4. The van der Waals surface area contributed by atoms with E-state index in [1.54, 1.807) is 23.1 Å². The van der Waals surface area contributed by atoms with Gasteiger partial charge in [0.25, 0.3) is 5.91 Å². The number of piperazine rings is 1. The minimum absolute atomic E-state index is 0.0887. The molecule has 1 amide bonds. The molecule has 2 aromatic carbocycles. The summed E-state index contributed by atoms with van der Waals surface area (Å²) < 4.78 is 6.21. The maximum Gasteiger partial charge on any atom is 0.349 e. The van der Waals surface area contributed by atoms with Crippen LogP contribution in [0.15, 0.2) is 56.1 Å². The molecular formula is C22H21BrN2O3. The highest BCUT2D eigenvalue weighted by Crippen LogP contribution is 2.24. The second-order valence-corrected chi connectivity index (χ2v) is 8.11. The molecule has 1 saturated heterocycles. The van der Waals surface area contributed by atoms with Gasteiger partial charge in [-0.3, -0.25) is 4.79 Å². The molecule has 28 heavy (non-hydrogen) atoms. The molecular weight excluding hydrogens is 420 g/mol. The van der Waals surface area contributed by atoms with Gasteiger partial charge >= 0.3 is 5.63 Å². The Morgan fingerprint density at radius 2 is 1.75 bits per heavy atom. The van der Waals surface area contributed by atoms with Crippen LogP contribution >= 0.6 is 15.9 Å². The molecule has 6 heteroatoms. The first-order valence-electron chi connectivity index (χ1n) is 9.27. The van der Waals surface area contributed by atoms with Gasteiger partial charge in [0.05, 0.1) is 0 Å².